The van der Waals surface area contributed by atoms with E-state index in [1.807, 2.05) is 4.90 Å². The molecule has 1 atom stereocenters. The van der Waals surface area contributed by atoms with Crippen molar-refractivity contribution in [1.29, 1.82) is 0 Å². The van der Waals surface area contributed by atoms with Crippen LogP contribution >= 0.6 is 0 Å². The van der Waals surface area contributed by atoms with E-state index in [1.165, 1.54) is 7.11 Å². The predicted octanol–water partition coefficient (Wildman–Crippen LogP) is 2.67. The molecule has 2 saturated heterocycles. The van der Waals surface area contributed by atoms with Gasteiger partial charge in [-0.15, -0.1) is 0 Å². The Morgan fingerprint density at radius 1 is 1.27 bits per heavy atom. The molecule has 1 aromatic rings. The zero-order chi connectivity index (χ0) is 18.4. The number of nitrogens with one attached hydrogen (secondary N) is 1. The van der Waals surface area contributed by atoms with Gasteiger partial charge in [0, 0.05) is 30.9 Å². The monoisotopic (exact) mass is 362 g/mol. The Labute approximate surface area is 153 Å². The number of likely N-dealkylation sites (tertiary alicyclic amines) is 1. The maximum atomic E-state index is 12.7. The van der Waals surface area contributed by atoms with E-state index in [2.05, 4.69) is 10.1 Å². The second-order valence-electron chi connectivity index (χ2n) is 6.66. The number of hydrogen-bond acceptors (Lipinski definition) is 5. The van der Waals surface area contributed by atoms with Gasteiger partial charge >= 0.3 is 6.09 Å². The van der Waals surface area contributed by atoms with Crippen molar-refractivity contribution < 1.29 is 23.8 Å². The van der Waals surface area contributed by atoms with Crippen LogP contribution in [0.15, 0.2) is 24.3 Å². The number of anilines is 1. The van der Waals surface area contributed by atoms with E-state index in [0.29, 0.717) is 30.9 Å². The van der Waals surface area contributed by atoms with Crippen LogP contribution in [0, 0.1) is 0 Å². The third-order valence-corrected chi connectivity index (χ3v) is 4.81. The average molecular weight is 362 g/mol. The summed E-state index contributed by atoms with van der Waals surface area (Å²) in [5, 5.41) is 2.58. The number of methoxy groups -OCH3 is 1. The van der Waals surface area contributed by atoms with Crippen LogP contribution in [0.1, 0.15) is 36.0 Å². The molecule has 7 heteroatoms. The van der Waals surface area contributed by atoms with Gasteiger partial charge in [0.15, 0.2) is 0 Å². The summed E-state index contributed by atoms with van der Waals surface area (Å²) >= 11 is 0. The third-order valence-electron chi connectivity index (χ3n) is 4.81. The Bertz CT molecular complexity index is 622. The second kappa shape index (κ2) is 9.00. The third kappa shape index (κ3) is 4.95. The minimum Gasteiger partial charge on any atom is -0.453 e. The summed E-state index contributed by atoms with van der Waals surface area (Å²) in [7, 11) is 1.30. The molecule has 142 valence electrons. The summed E-state index contributed by atoms with van der Waals surface area (Å²) in [5.41, 5.74) is 1.09. The van der Waals surface area contributed by atoms with Crippen molar-refractivity contribution in [3.05, 3.63) is 29.8 Å². The molecule has 26 heavy (non-hydrogen) atoms. The van der Waals surface area contributed by atoms with Gasteiger partial charge in [-0.3, -0.25) is 10.1 Å². The largest absolute Gasteiger partial charge is 0.453 e. The topological polar surface area (TPSA) is 77.1 Å². The molecule has 2 aliphatic heterocycles. The van der Waals surface area contributed by atoms with Gasteiger partial charge in [0.1, 0.15) is 0 Å². The number of ether oxygens (including phenoxy) is 3. The number of amides is 2. The number of rotatable bonds is 5. The fraction of sp³-hybridized carbons (Fsp3) is 0.579. The van der Waals surface area contributed by atoms with E-state index in [4.69, 9.17) is 9.47 Å². The summed E-state index contributed by atoms with van der Waals surface area (Å²) in [6, 6.07) is 6.89. The number of benzene rings is 1. The van der Waals surface area contributed by atoms with Crippen LogP contribution < -0.4 is 5.32 Å². The number of nitrogens with zero attached hydrogens (tertiary/aromatic N) is 1. The van der Waals surface area contributed by atoms with E-state index >= 15 is 0 Å². The van der Waals surface area contributed by atoms with Gasteiger partial charge in [0.05, 0.1) is 25.9 Å². The molecule has 2 fully saturated rings. The number of piperidine rings is 1. The van der Waals surface area contributed by atoms with Gasteiger partial charge in [-0.25, -0.2) is 4.79 Å². The molecule has 0 aromatic heterocycles. The highest BCUT2D eigenvalue weighted by Gasteiger charge is 2.25. The molecule has 0 saturated carbocycles. The number of carbonyl (C=O) groups excluding carboxylic acids is 2. The number of hydrogen-bond donors (Lipinski definition) is 1. The smallest absolute Gasteiger partial charge is 0.411 e. The lowest BCUT2D eigenvalue weighted by molar-refractivity contribution is -0.0395. The zero-order valence-corrected chi connectivity index (χ0v) is 15.1. The minimum absolute atomic E-state index is 0.0314. The fourth-order valence-corrected chi connectivity index (χ4v) is 3.33. The first-order valence-corrected chi connectivity index (χ1v) is 9.13. The lowest BCUT2D eigenvalue weighted by atomic mass is 10.1. The molecule has 1 aromatic carbocycles. The van der Waals surface area contributed by atoms with Crippen molar-refractivity contribution in [2.24, 2.45) is 0 Å². The van der Waals surface area contributed by atoms with Crippen LogP contribution in [0.4, 0.5) is 10.5 Å². The van der Waals surface area contributed by atoms with Crippen molar-refractivity contribution in [2.45, 2.75) is 37.9 Å². The summed E-state index contributed by atoms with van der Waals surface area (Å²) in [4.78, 5) is 25.8. The Kier molecular flexibility index (Phi) is 6.46. The van der Waals surface area contributed by atoms with E-state index in [1.54, 1.807) is 24.3 Å². The molecule has 0 spiro atoms. The summed E-state index contributed by atoms with van der Waals surface area (Å²) < 4.78 is 16.1. The molecule has 2 aliphatic rings. The lowest BCUT2D eigenvalue weighted by Crippen LogP contribution is -2.41. The van der Waals surface area contributed by atoms with Crippen LogP contribution in [0.25, 0.3) is 0 Å². The average Bonchev–Trinajstić information content (AvgIpc) is 3.20. The highest BCUT2D eigenvalue weighted by atomic mass is 16.5. The van der Waals surface area contributed by atoms with Crippen LogP contribution in [0.3, 0.4) is 0 Å². The van der Waals surface area contributed by atoms with Crippen LogP contribution in [0.5, 0.6) is 0 Å². The van der Waals surface area contributed by atoms with Gasteiger partial charge in [0.25, 0.3) is 5.91 Å². The standard InChI is InChI=1S/C19H26N2O5/c1-24-19(23)20-15-5-2-4-14(12-15)18(22)21-9-7-16(8-10-21)26-13-17-6-3-11-25-17/h2,4-5,12,16-17H,3,6-11,13H2,1H3,(H,20,23)/t17-/m0/s1. The van der Waals surface area contributed by atoms with Gasteiger partial charge in [0.2, 0.25) is 0 Å². The predicted molar refractivity (Wildman–Crippen MR) is 96.3 cm³/mol. The van der Waals surface area contributed by atoms with Gasteiger partial charge in [-0.05, 0) is 43.9 Å². The summed E-state index contributed by atoms with van der Waals surface area (Å²) in [5.74, 6) is -0.0314. The molecule has 3 rings (SSSR count). The SMILES string of the molecule is COC(=O)Nc1cccc(C(=O)N2CCC(OC[C@@H]3CCCO3)CC2)c1. The van der Waals surface area contributed by atoms with E-state index in [9.17, 15) is 9.59 Å². The zero-order valence-electron chi connectivity index (χ0n) is 15.1. The normalized spacial score (nSPS) is 20.8. The Morgan fingerprint density at radius 2 is 2.08 bits per heavy atom. The first-order chi connectivity index (χ1) is 12.7. The first kappa shape index (κ1) is 18.7. The van der Waals surface area contributed by atoms with E-state index in [-0.39, 0.29) is 18.1 Å². The summed E-state index contributed by atoms with van der Waals surface area (Å²) in [6.07, 6.45) is 3.73. The van der Waals surface area contributed by atoms with Crippen molar-refractivity contribution in [2.75, 3.05) is 38.7 Å². The van der Waals surface area contributed by atoms with Crippen LogP contribution in [-0.4, -0.2) is 62.5 Å². The Balaban J connectivity index is 1.48. The molecule has 2 amide bonds. The molecular weight excluding hydrogens is 336 g/mol. The molecule has 7 nitrogen and oxygen atoms in total. The maximum Gasteiger partial charge on any atom is 0.411 e. The van der Waals surface area contributed by atoms with Crippen LogP contribution in [0.2, 0.25) is 0 Å². The molecule has 0 unspecified atom stereocenters. The Hall–Kier alpha value is -2.12. The highest BCUT2D eigenvalue weighted by Crippen LogP contribution is 2.20. The first-order valence-electron chi connectivity index (χ1n) is 9.13. The molecule has 0 aliphatic carbocycles. The molecule has 2 heterocycles. The van der Waals surface area contributed by atoms with Crippen LogP contribution in [-0.2, 0) is 14.2 Å². The van der Waals surface area contributed by atoms with E-state index < -0.39 is 6.09 Å². The minimum atomic E-state index is -0.557. The molecule has 1 N–H and O–H groups in total. The Morgan fingerprint density at radius 3 is 2.77 bits per heavy atom. The summed E-state index contributed by atoms with van der Waals surface area (Å²) in [6.45, 7) is 2.83. The highest BCUT2D eigenvalue weighted by molar-refractivity contribution is 5.96. The van der Waals surface area contributed by atoms with Gasteiger partial charge in [-0.2, -0.15) is 0 Å². The van der Waals surface area contributed by atoms with Crippen molar-refractivity contribution in [3.63, 3.8) is 0 Å². The van der Waals surface area contributed by atoms with Gasteiger partial charge in [-0.1, -0.05) is 6.07 Å². The lowest BCUT2D eigenvalue weighted by Gasteiger charge is -2.32. The molecule has 0 radical (unpaired) electrons. The van der Waals surface area contributed by atoms with Crippen molar-refractivity contribution >= 4 is 17.7 Å². The van der Waals surface area contributed by atoms with Gasteiger partial charge < -0.3 is 19.1 Å². The van der Waals surface area contributed by atoms with Crippen molar-refractivity contribution in [3.8, 4) is 0 Å². The quantitative estimate of drug-likeness (QED) is 0.871. The molecule has 0 bridgehead atoms. The van der Waals surface area contributed by atoms with Crippen molar-refractivity contribution in [1.82, 2.24) is 4.90 Å². The maximum absolute atomic E-state index is 12.7. The fourth-order valence-electron chi connectivity index (χ4n) is 3.33. The van der Waals surface area contributed by atoms with E-state index in [0.717, 1.165) is 32.3 Å². The molecular formula is C19H26N2O5. The number of carbonyl (C=O) groups is 2. The second-order valence-corrected chi connectivity index (χ2v) is 6.66.